The van der Waals surface area contributed by atoms with Gasteiger partial charge in [0.25, 0.3) is 11.7 Å². The van der Waals surface area contributed by atoms with Gasteiger partial charge in [-0.3, -0.25) is 9.59 Å². The third kappa shape index (κ3) is 5.44. The fraction of sp³-hybridized carbons (Fsp3) is 0.333. The summed E-state index contributed by atoms with van der Waals surface area (Å²) in [6.07, 6.45) is 4.77. The number of nitrogen functional groups attached to an aromatic ring is 1. The molecule has 4 heterocycles. The Kier molecular flexibility index (Phi) is 8.06. The molecule has 12 heteroatoms. The van der Waals surface area contributed by atoms with Crippen molar-refractivity contribution >= 4 is 51.4 Å². The Morgan fingerprint density at radius 3 is 2.75 bits per heavy atom. The van der Waals surface area contributed by atoms with E-state index >= 15 is 4.39 Å². The summed E-state index contributed by atoms with van der Waals surface area (Å²) in [7, 11) is 0. The maximum atomic E-state index is 15.3. The minimum Gasteiger partial charge on any atom is -0.483 e. The Morgan fingerprint density at radius 1 is 1.25 bits per heavy atom. The lowest BCUT2D eigenvalue weighted by molar-refractivity contribution is -0.122. The van der Waals surface area contributed by atoms with Crippen molar-refractivity contribution in [3.8, 4) is 17.0 Å². The summed E-state index contributed by atoms with van der Waals surface area (Å²) in [5.41, 5.74) is 8.68. The number of ether oxygens (including phenoxy) is 2. The number of hydrogen-bond acceptors (Lipinski definition) is 9. The van der Waals surface area contributed by atoms with Crippen LogP contribution < -0.4 is 21.1 Å². The number of carbonyl (C=O) groups is 2. The molecule has 2 aromatic heterocycles. The van der Waals surface area contributed by atoms with Crippen molar-refractivity contribution in [2.75, 3.05) is 42.7 Å². The molecule has 1 fully saturated rings. The largest absolute Gasteiger partial charge is 0.483 e. The summed E-state index contributed by atoms with van der Waals surface area (Å²) in [4.78, 5) is 29.4. The normalized spacial score (nSPS) is 15.1. The molecule has 2 aliphatic heterocycles. The van der Waals surface area contributed by atoms with Crippen molar-refractivity contribution in [2.24, 2.45) is 0 Å². The number of carboxylic acid groups (broad SMARTS) is 1. The van der Waals surface area contributed by atoms with Gasteiger partial charge in [0.1, 0.15) is 18.1 Å². The van der Waals surface area contributed by atoms with E-state index in [0.29, 0.717) is 60.0 Å². The van der Waals surface area contributed by atoms with Crippen molar-refractivity contribution in [3.05, 3.63) is 35.9 Å². The van der Waals surface area contributed by atoms with Crippen molar-refractivity contribution in [1.82, 2.24) is 9.97 Å². The molecule has 5 rings (SSSR count). The van der Waals surface area contributed by atoms with Crippen LogP contribution >= 0.6 is 11.8 Å². The highest BCUT2D eigenvalue weighted by atomic mass is 32.2. The number of anilines is 3. The number of nitrogens with zero attached hydrogens (tertiary/aromatic N) is 2. The average Bonchev–Trinajstić information content (AvgIpc) is 2.88. The van der Waals surface area contributed by atoms with Crippen molar-refractivity contribution in [1.29, 1.82) is 0 Å². The highest BCUT2D eigenvalue weighted by Crippen LogP contribution is 2.39. The van der Waals surface area contributed by atoms with Gasteiger partial charge in [0.15, 0.2) is 5.82 Å². The summed E-state index contributed by atoms with van der Waals surface area (Å²) < 4.78 is 26.2. The van der Waals surface area contributed by atoms with Gasteiger partial charge in [0.2, 0.25) is 5.88 Å². The van der Waals surface area contributed by atoms with Crippen LogP contribution in [0, 0.1) is 12.7 Å². The second-order valence-electron chi connectivity index (χ2n) is 8.14. The molecule has 1 aromatic carbocycles. The molecule has 0 atom stereocenters. The minimum absolute atomic E-state index is 0.00536. The quantitative estimate of drug-likeness (QED) is 0.294. The topological polar surface area (TPSA) is 149 Å². The van der Waals surface area contributed by atoms with E-state index in [1.807, 2.05) is 6.92 Å². The average molecular weight is 516 g/mol. The Morgan fingerprint density at radius 2 is 2.00 bits per heavy atom. The molecule has 0 radical (unpaired) electrons. The molecule has 10 nitrogen and oxygen atoms in total. The fourth-order valence-corrected chi connectivity index (χ4v) is 5.03. The number of thioether (sulfide) groups is 1. The highest BCUT2D eigenvalue weighted by Gasteiger charge is 2.22. The van der Waals surface area contributed by atoms with E-state index in [1.54, 1.807) is 18.3 Å². The lowest BCUT2D eigenvalue weighted by Gasteiger charge is -2.22. The smallest absolute Gasteiger partial charge is 0.290 e. The molecule has 0 saturated carbocycles. The minimum atomic E-state index is -0.530. The number of hydrogen-bond donors (Lipinski definition) is 4. The van der Waals surface area contributed by atoms with Crippen LogP contribution in [-0.4, -0.2) is 58.4 Å². The second-order valence-corrected chi connectivity index (χ2v) is 9.42. The number of benzene rings is 1. The zero-order valence-corrected chi connectivity index (χ0v) is 20.4. The summed E-state index contributed by atoms with van der Waals surface area (Å²) in [5.74, 6) is 0.366. The zero-order valence-electron chi connectivity index (χ0n) is 19.5. The first kappa shape index (κ1) is 25.5. The highest BCUT2D eigenvalue weighted by molar-refractivity contribution is 8.14. The predicted molar refractivity (Wildman–Crippen MR) is 137 cm³/mol. The number of nitrogens with two attached hydrogens (primary N) is 1. The van der Waals surface area contributed by atoms with E-state index in [1.165, 1.54) is 18.0 Å². The maximum Gasteiger partial charge on any atom is 0.290 e. The van der Waals surface area contributed by atoms with Gasteiger partial charge in [-0.2, -0.15) is 0 Å². The summed E-state index contributed by atoms with van der Waals surface area (Å²) in [5, 5.41) is 14.2. The number of rotatable bonds is 3. The van der Waals surface area contributed by atoms with Gasteiger partial charge in [0, 0.05) is 53.9 Å². The van der Waals surface area contributed by atoms with Crippen LogP contribution in [0.2, 0.25) is 0 Å². The molecule has 1 amide bonds. The van der Waals surface area contributed by atoms with Crippen molar-refractivity contribution in [2.45, 2.75) is 25.0 Å². The number of aromatic nitrogens is 2. The third-order valence-electron chi connectivity index (χ3n) is 5.91. The van der Waals surface area contributed by atoms with E-state index in [4.69, 9.17) is 25.1 Å². The van der Waals surface area contributed by atoms with E-state index in [2.05, 4.69) is 20.6 Å². The molecule has 190 valence electrons. The lowest BCUT2D eigenvalue weighted by atomic mass is 9.97. The first-order valence-corrected chi connectivity index (χ1v) is 12.2. The van der Waals surface area contributed by atoms with Crippen LogP contribution in [-0.2, 0) is 9.53 Å². The Balaban J connectivity index is 0.000000967. The number of halogens is 1. The monoisotopic (exact) mass is 515 g/mol. The fourth-order valence-electron chi connectivity index (χ4n) is 4.13. The number of pyridine rings is 2. The van der Waals surface area contributed by atoms with Crippen LogP contribution in [0.1, 0.15) is 18.4 Å². The molecule has 0 spiro atoms. The summed E-state index contributed by atoms with van der Waals surface area (Å²) >= 11 is 1.26. The molecule has 2 aliphatic rings. The van der Waals surface area contributed by atoms with Gasteiger partial charge >= 0.3 is 0 Å². The zero-order chi connectivity index (χ0) is 25.7. The van der Waals surface area contributed by atoms with Gasteiger partial charge in [-0.1, -0.05) is 11.8 Å². The van der Waals surface area contributed by atoms with Gasteiger partial charge in [0.05, 0.1) is 5.69 Å². The lowest BCUT2D eigenvalue weighted by Crippen LogP contribution is -2.20. The van der Waals surface area contributed by atoms with Gasteiger partial charge in [-0.15, -0.1) is 0 Å². The van der Waals surface area contributed by atoms with Crippen molar-refractivity contribution < 1.29 is 28.6 Å². The van der Waals surface area contributed by atoms with Crippen LogP contribution in [0.25, 0.3) is 21.9 Å². The standard InChI is InChI=1S/C23H24FN5O3S.CH2O2/c1-12-16(10-28-22-21(12)26-4-7-32-22)15-8-13-9-18(27-11-17(13)20(25)19(15)24)29-23(30)33-14-2-5-31-6-3-14;2-1-3/h8-11,14,26H,2-7,25H2,1H3,(H,27,29,30);1H,(H,2,3). The van der Waals surface area contributed by atoms with Gasteiger partial charge < -0.3 is 30.9 Å². The second kappa shape index (κ2) is 11.4. The maximum absolute atomic E-state index is 15.3. The predicted octanol–water partition coefficient (Wildman–Crippen LogP) is 4.28. The van der Waals surface area contributed by atoms with E-state index in [9.17, 15) is 4.79 Å². The molecule has 3 aromatic rings. The summed E-state index contributed by atoms with van der Waals surface area (Å²) in [6.45, 7) is 4.17. The molecular formula is C24H26FN5O5S. The van der Waals surface area contributed by atoms with Crippen LogP contribution in [0.15, 0.2) is 24.5 Å². The molecule has 0 bridgehead atoms. The SMILES string of the molecule is Cc1c(-c2cc3cc(NC(=O)SC4CCOCC4)ncc3c(N)c2F)cnc2c1NCCO2.O=CO. The van der Waals surface area contributed by atoms with E-state index in [-0.39, 0.29) is 22.6 Å². The molecular weight excluding hydrogens is 489 g/mol. The number of carbonyl (C=O) groups excluding carboxylic acids is 1. The molecule has 1 saturated heterocycles. The van der Waals surface area contributed by atoms with Crippen LogP contribution in [0.4, 0.5) is 26.4 Å². The van der Waals surface area contributed by atoms with Gasteiger partial charge in [-0.25, -0.2) is 14.4 Å². The Labute approximate surface area is 210 Å². The first-order valence-electron chi connectivity index (χ1n) is 11.3. The molecule has 0 unspecified atom stereocenters. The molecule has 36 heavy (non-hydrogen) atoms. The Hall–Kier alpha value is -3.64. The number of amides is 1. The van der Waals surface area contributed by atoms with Crippen molar-refractivity contribution in [3.63, 3.8) is 0 Å². The third-order valence-corrected chi connectivity index (χ3v) is 7.03. The van der Waals surface area contributed by atoms with Crippen LogP contribution in [0.5, 0.6) is 5.88 Å². The number of nitrogens with one attached hydrogen (secondary N) is 2. The Bertz CT molecular complexity index is 1290. The van der Waals surface area contributed by atoms with E-state index < -0.39 is 5.82 Å². The van der Waals surface area contributed by atoms with Crippen LogP contribution in [0.3, 0.4) is 0 Å². The first-order chi connectivity index (χ1) is 17.4. The molecule has 5 N–H and O–H groups in total. The summed E-state index contributed by atoms with van der Waals surface area (Å²) in [6, 6.07) is 3.42. The molecule has 0 aliphatic carbocycles. The number of fused-ring (bicyclic) bond motifs is 2. The van der Waals surface area contributed by atoms with E-state index in [0.717, 1.165) is 24.1 Å². The van der Waals surface area contributed by atoms with Gasteiger partial charge in [-0.05, 0) is 42.8 Å².